The average Bonchev–Trinajstić information content (AvgIpc) is 3.02. The van der Waals surface area contributed by atoms with Gasteiger partial charge in [-0.15, -0.1) is 0 Å². The first-order valence-corrected chi connectivity index (χ1v) is 6.44. The zero-order valence-electron chi connectivity index (χ0n) is 10.8. The highest BCUT2D eigenvalue weighted by Gasteiger charge is 2.17. The fourth-order valence-corrected chi connectivity index (χ4v) is 2.46. The van der Waals surface area contributed by atoms with Gasteiger partial charge in [0.25, 0.3) is 0 Å². The molecule has 0 amide bonds. The Balaban J connectivity index is 1.99. The quantitative estimate of drug-likeness (QED) is 0.908. The van der Waals surface area contributed by atoms with Gasteiger partial charge in [-0.3, -0.25) is 0 Å². The molecule has 0 aliphatic carbocycles. The first kappa shape index (κ1) is 11.7. The lowest BCUT2D eigenvalue weighted by Gasteiger charge is -2.06. The number of nitrogens with one attached hydrogen (secondary N) is 1. The van der Waals surface area contributed by atoms with Crippen LogP contribution in [0.25, 0.3) is 5.69 Å². The van der Waals surface area contributed by atoms with Crippen LogP contribution in [-0.2, 0) is 12.8 Å². The molecule has 0 atom stereocenters. The van der Waals surface area contributed by atoms with E-state index in [0.717, 1.165) is 42.1 Å². The van der Waals surface area contributed by atoms with Crippen LogP contribution < -0.4 is 5.32 Å². The largest absolute Gasteiger partial charge is 0.369 e. The van der Waals surface area contributed by atoms with Crippen LogP contribution in [0.2, 0.25) is 0 Å². The Morgan fingerprint density at radius 3 is 3.26 bits per heavy atom. The first-order valence-electron chi connectivity index (χ1n) is 6.44. The van der Waals surface area contributed by atoms with Crippen molar-refractivity contribution >= 4 is 5.82 Å². The summed E-state index contributed by atoms with van der Waals surface area (Å²) in [6.07, 6.45) is 6.10. The molecular formula is C14H15N5. The maximum absolute atomic E-state index is 8.68. The van der Waals surface area contributed by atoms with Crippen molar-refractivity contribution in [2.45, 2.75) is 26.2 Å². The van der Waals surface area contributed by atoms with Crippen molar-refractivity contribution in [1.29, 1.82) is 5.26 Å². The van der Waals surface area contributed by atoms with E-state index in [1.165, 1.54) is 5.56 Å². The van der Waals surface area contributed by atoms with E-state index in [-0.39, 0.29) is 0 Å². The fourth-order valence-electron chi connectivity index (χ4n) is 2.46. The summed E-state index contributed by atoms with van der Waals surface area (Å²) in [7, 11) is 0. The average molecular weight is 253 g/mol. The van der Waals surface area contributed by atoms with Crippen molar-refractivity contribution in [2.24, 2.45) is 0 Å². The summed E-state index contributed by atoms with van der Waals surface area (Å²) in [6.45, 7) is 2.92. The van der Waals surface area contributed by atoms with Gasteiger partial charge in [0.2, 0.25) is 0 Å². The second-order valence-electron chi connectivity index (χ2n) is 4.68. The molecule has 2 aromatic heterocycles. The van der Waals surface area contributed by atoms with E-state index in [1.807, 2.05) is 23.9 Å². The van der Waals surface area contributed by atoms with Crippen LogP contribution in [0.5, 0.6) is 0 Å². The SMILES string of the molecule is Cc1nn(-c2ccnc3c2CCN3)cc1CCC#N. The van der Waals surface area contributed by atoms with Gasteiger partial charge in [0.15, 0.2) is 0 Å². The normalized spacial score (nSPS) is 12.8. The molecule has 1 aliphatic rings. The minimum atomic E-state index is 0.530. The molecule has 2 aromatic rings. The van der Waals surface area contributed by atoms with Crippen LogP contribution in [0.1, 0.15) is 23.2 Å². The van der Waals surface area contributed by atoms with E-state index in [1.54, 1.807) is 6.20 Å². The second-order valence-corrected chi connectivity index (χ2v) is 4.68. The number of hydrogen-bond donors (Lipinski definition) is 1. The monoisotopic (exact) mass is 253 g/mol. The van der Waals surface area contributed by atoms with E-state index in [0.29, 0.717) is 6.42 Å². The Morgan fingerprint density at radius 1 is 1.53 bits per heavy atom. The Morgan fingerprint density at radius 2 is 2.42 bits per heavy atom. The van der Waals surface area contributed by atoms with Crippen LogP contribution in [0, 0.1) is 18.3 Å². The number of hydrogen-bond acceptors (Lipinski definition) is 4. The van der Waals surface area contributed by atoms with E-state index in [2.05, 4.69) is 21.5 Å². The molecule has 3 heterocycles. The topological polar surface area (TPSA) is 66.5 Å². The van der Waals surface area contributed by atoms with E-state index in [9.17, 15) is 0 Å². The minimum Gasteiger partial charge on any atom is -0.369 e. The number of fused-ring (bicyclic) bond motifs is 1. The highest BCUT2D eigenvalue weighted by Crippen LogP contribution is 2.26. The maximum atomic E-state index is 8.68. The zero-order chi connectivity index (χ0) is 13.2. The number of aryl methyl sites for hydroxylation is 2. The second kappa shape index (κ2) is 4.73. The van der Waals surface area contributed by atoms with Crippen LogP contribution >= 0.6 is 0 Å². The summed E-state index contributed by atoms with van der Waals surface area (Å²) in [5.41, 5.74) is 4.43. The predicted molar refractivity (Wildman–Crippen MR) is 72.2 cm³/mol. The van der Waals surface area contributed by atoms with Crippen LogP contribution in [0.4, 0.5) is 5.82 Å². The smallest absolute Gasteiger partial charge is 0.131 e. The lowest BCUT2D eigenvalue weighted by Crippen LogP contribution is -2.00. The third kappa shape index (κ3) is 2.06. The van der Waals surface area contributed by atoms with Crippen molar-refractivity contribution in [3.63, 3.8) is 0 Å². The summed E-state index contributed by atoms with van der Waals surface area (Å²) in [5.74, 6) is 0.962. The molecule has 3 rings (SSSR count). The molecule has 0 radical (unpaired) electrons. The summed E-state index contributed by atoms with van der Waals surface area (Å²) < 4.78 is 1.91. The van der Waals surface area contributed by atoms with Gasteiger partial charge in [0.05, 0.1) is 17.5 Å². The lowest BCUT2D eigenvalue weighted by atomic mass is 10.1. The van der Waals surface area contributed by atoms with Crippen molar-refractivity contribution in [2.75, 3.05) is 11.9 Å². The molecule has 1 aliphatic heterocycles. The van der Waals surface area contributed by atoms with Gasteiger partial charge in [-0.1, -0.05) is 0 Å². The van der Waals surface area contributed by atoms with Crippen LogP contribution in [0.3, 0.4) is 0 Å². The van der Waals surface area contributed by atoms with E-state index < -0.39 is 0 Å². The third-order valence-electron chi connectivity index (χ3n) is 3.45. The molecule has 1 N–H and O–H groups in total. The zero-order valence-corrected chi connectivity index (χ0v) is 10.8. The molecule has 0 unspecified atom stereocenters. The van der Waals surface area contributed by atoms with Gasteiger partial charge in [-0.2, -0.15) is 10.4 Å². The number of pyridine rings is 1. The van der Waals surface area contributed by atoms with Gasteiger partial charge >= 0.3 is 0 Å². The highest BCUT2D eigenvalue weighted by atomic mass is 15.3. The molecule has 96 valence electrons. The molecule has 0 spiro atoms. The number of nitrogens with zero attached hydrogens (tertiary/aromatic N) is 4. The Bertz CT molecular complexity index is 650. The van der Waals surface area contributed by atoms with Gasteiger partial charge in [-0.05, 0) is 31.4 Å². The molecular weight excluding hydrogens is 238 g/mol. The van der Waals surface area contributed by atoms with Crippen LogP contribution in [-0.4, -0.2) is 21.3 Å². The summed E-state index contributed by atoms with van der Waals surface area (Å²) in [6, 6.07) is 4.17. The van der Waals surface area contributed by atoms with Gasteiger partial charge in [0.1, 0.15) is 5.82 Å². The van der Waals surface area contributed by atoms with Crippen LogP contribution in [0.15, 0.2) is 18.5 Å². The van der Waals surface area contributed by atoms with E-state index in [4.69, 9.17) is 5.26 Å². The third-order valence-corrected chi connectivity index (χ3v) is 3.45. The Hall–Kier alpha value is -2.35. The summed E-state index contributed by atoms with van der Waals surface area (Å²) >= 11 is 0. The maximum Gasteiger partial charge on any atom is 0.131 e. The Labute approximate surface area is 111 Å². The van der Waals surface area contributed by atoms with E-state index >= 15 is 0 Å². The molecule has 5 nitrogen and oxygen atoms in total. The number of nitriles is 1. The molecule has 0 saturated carbocycles. The summed E-state index contributed by atoms with van der Waals surface area (Å²) in [4.78, 5) is 4.33. The lowest BCUT2D eigenvalue weighted by molar-refractivity contribution is 0.849. The number of aromatic nitrogens is 3. The molecule has 0 aromatic carbocycles. The number of rotatable bonds is 3. The molecule has 5 heteroatoms. The molecule has 19 heavy (non-hydrogen) atoms. The summed E-state index contributed by atoms with van der Waals surface area (Å²) in [5, 5.41) is 16.5. The fraction of sp³-hybridized carbons (Fsp3) is 0.357. The van der Waals surface area contributed by atoms with Gasteiger partial charge < -0.3 is 5.32 Å². The van der Waals surface area contributed by atoms with Gasteiger partial charge in [-0.25, -0.2) is 9.67 Å². The van der Waals surface area contributed by atoms with Crippen molar-refractivity contribution in [1.82, 2.24) is 14.8 Å². The van der Waals surface area contributed by atoms with Crippen molar-refractivity contribution in [3.8, 4) is 11.8 Å². The first-order chi connectivity index (χ1) is 9.29. The predicted octanol–water partition coefficient (Wildman–Crippen LogP) is 2.00. The standard InChI is InChI=1S/C14H15N5/c1-10-11(3-2-6-15)9-19(18-10)13-5-8-17-14-12(13)4-7-16-14/h5,8-9H,2-4,7H2,1H3,(H,16,17). The molecule has 0 saturated heterocycles. The molecule has 0 bridgehead atoms. The Kier molecular flexibility index (Phi) is 2.92. The van der Waals surface area contributed by atoms with Gasteiger partial charge in [0, 0.05) is 30.9 Å². The van der Waals surface area contributed by atoms with Crippen molar-refractivity contribution in [3.05, 3.63) is 35.3 Å². The molecule has 0 fully saturated rings. The van der Waals surface area contributed by atoms with Crippen molar-refractivity contribution < 1.29 is 0 Å². The minimum absolute atomic E-state index is 0.530. The number of anilines is 1. The highest BCUT2D eigenvalue weighted by molar-refractivity contribution is 5.58.